The lowest BCUT2D eigenvalue weighted by Gasteiger charge is -2.14. The van der Waals surface area contributed by atoms with Crippen LogP contribution in [0.1, 0.15) is 17.3 Å². The van der Waals surface area contributed by atoms with E-state index in [4.69, 9.17) is 9.84 Å². The molecule has 0 saturated carbocycles. The van der Waals surface area contributed by atoms with E-state index in [1.807, 2.05) is 0 Å². The van der Waals surface area contributed by atoms with Crippen LogP contribution in [0.3, 0.4) is 0 Å². The van der Waals surface area contributed by atoms with Crippen molar-refractivity contribution >= 4 is 11.7 Å². The normalized spacial score (nSPS) is 12.2. The van der Waals surface area contributed by atoms with Crippen molar-refractivity contribution in [2.45, 2.75) is 13.0 Å². The number of rotatable bonds is 5. The first-order valence-corrected chi connectivity index (χ1v) is 4.84. The lowest BCUT2D eigenvalue weighted by atomic mass is 10.1. The van der Waals surface area contributed by atoms with Gasteiger partial charge in [0.15, 0.2) is 0 Å². The highest BCUT2D eigenvalue weighted by atomic mass is 19.1. The highest BCUT2D eigenvalue weighted by molar-refractivity contribution is 5.94. The van der Waals surface area contributed by atoms with E-state index in [0.717, 1.165) is 0 Å². The molecule has 1 rings (SSSR count). The largest absolute Gasteiger partial charge is 0.478 e. The van der Waals surface area contributed by atoms with Crippen LogP contribution >= 0.6 is 0 Å². The second-order valence-corrected chi connectivity index (χ2v) is 3.39. The third-order valence-electron chi connectivity index (χ3n) is 2.21. The van der Waals surface area contributed by atoms with Gasteiger partial charge < -0.3 is 15.2 Å². The van der Waals surface area contributed by atoms with E-state index in [2.05, 4.69) is 5.32 Å². The van der Waals surface area contributed by atoms with E-state index in [0.29, 0.717) is 6.54 Å². The van der Waals surface area contributed by atoms with Crippen LogP contribution in [0.4, 0.5) is 10.1 Å². The molecule has 0 aliphatic carbocycles. The average Bonchev–Trinajstić information content (AvgIpc) is 2.26. The monoisotopic (exact) mass is 227 g/mol. The highest BCUT2D eigenvalue weighted by Gasteiger charge is 2.14. The summed E-state index contributed by atoms with van der Waals surface area (Å²) in [4.78, 5) is 10.9. The van der Waals surface area contributed by atoms with Gasteiger partial charge in [0.05, 0.1) is 17.4 Å². The number of aromatic carboxylic acids is 1. The molecule has 0 heterocycles. The molecule has 2 N–H and O–H groups in total. The molecule has 0 aromatic heterocycles. The third-order valence-corrected chi connectivity index (χ3v) is 2.21. The number of hydrogen-bond donors (Lipinski definition) is 2. The Morgan fingerprint density at radius 1 is 1.62 bits per heavy atom. The van der Waals surface area contributed by atoms with Crippen LogP contribution in [0.2, 0.25) is 0 Å². The summed E-state index contributed by atoms with van der Waals surface area (Å²) in [5.41, 5.74) is -0.0813. The van der Waals surface area contributed by atoms with Crippen LogP contribution in [0.25, 0.3) is 0 Å². The summed E-state index contributed by atoms with van der Waals surface area (Å²) in [5.74, 6) is -1.74. The van der Waals surface area contributed by atoms with Gasteiger partial charge in [0.1, 0.15) is 5.82 Å². The number of hydrogen-bond acceptors (Lipinski definition) is 3. The zero-order chi connectivity index (χ0) is 12.1. The van der Waals surface area contributed by atoms with Gasteiger partial charge in [-0.25, -0.2) is 9.18 Å². The standard InChI is InChI=1S/C11H14FNO3/c1-7(16-2)6-13-10-8(11(14)15)4-3-5-9(10)12/h3-5,7,13H,6H2,1-2H3,(H,14,15). The fourth-order valence-corrected chi connectivity index (χ4v) is 1.21. The Labute approximate surface area is 93.0 Å². The van der Waals surface area contributed by atoms with E-state index >= 15 is 0 Å². The minimum atomic E-state index is -1.16. The number of para-hydroxylation sites is 1. The van der Waals surface area contributed by atoms with Crippen molar-refractivity contribution in [1.29, 1.82) is 0 Å². The molecule has 5 heteroatoms. The second-order valence-electron chi connectivity index (χ2n) is 3.39. The Bertz CT molecular complexity index is 381. The van der Waals surface area contributed by atoms with Crippen molar-refractivity contribution < 1.29 is 19.0 Å². The van der Waals surface area contributed by atoms with Crippen molar-refractivity contribution in [2.24, 2.45) is 0 Å². The van der Waals surface area contributed by atoms with E-state index in [9.17, 15) is 9.18 Å². The smallest absolute Gasteiger partial charge is 0.337 e. The topological polar surface area (TPSA) is 58.6 Å². The van der Waals surface area contributed by atoms with Crippen LogP contribution in [0.15, 0.2) is 18.2 Å². The molecule has 0 amide bonds. The lowest BCUT2D eigenvalue weighted by molar-refractivity contribution is 0.0697. The Hall–Kier alpha value is -1.62. The van der Waals surface area contributed by atoms with Gasteiger partial charge in [0.25, 0.3) is 0 Å². The zero-order valence-corrected chi connectivity index (χ0v) is 9.16. The maximum atomic E-state index is 13.4. The van der Waals surface area contributed by atoms with Crippen molar-refractivity contribution in [2.75, 3.05) is 19.0 Å². The molecule has 1 atom stereocenters. The molecule has 0 spiro atoms. The van der Waals surface area contributed by atoms with Crippen LogP contribution in [0.5, 0.6) is 0 Å². The number of nitrogens with one attached hydrogen (secondary N) is 1. The maximum Gasteiger partial charge on any atom is 0.337 e. The third kappa shape index (κ3) is 2.93. The van der Waals surface area contributed by atoms with Gasteiger partial charge in [0.2, 0.25) is 0 Å². The lowest BCUT2D eigenvalue weighted by Crippen LogP contribution is -2.20. The van der Waals surface area contributed by atoms with Gasteiger partial charge in [-0.2, -0.15) is 0 Å². The second kappa shape index (κ2) is 5.46. The fourth-order valence-electron chi connectivity index (χ4n) is 1.21. The molecule has 1 aromatic rings. The summed E-state index contributed by atoms with van der Waals surface area (Å²) in [7, 11) is 1.53. The summed E-state index contributed by atoms with van der Waals surface area (Å²) >= 11 is 0. The number of carboxylic acids is 1. The quantitative estimate of drug-likeness (QED) is 0.807. The summed E-state index contributed by atoms with van der Waals surface area (Å²) in [6.45, 7) is 2.14. The number of benzene rings is 1. The average molecular weight is 227 g/mol. The summed E-state index contributed by atoms with van der Waals surface area (Å²) in [6.07, 6.45) is -0.124. The van der Waals surface area contributed by atoms with Crippen molar-refractivity contribution in [3.63, 3.8) is 0 Å². The predicted molar refractivity (Wildman–Crippen MR) is 58.3 cm³/mol. The first-order chi connectivity index (χ1) is 7.56. The number of anilines is 1. The van der Waals surface area contributed by atoms with Crippen molar-refractivity contribution in [3.05, 3.63) is 29.6 Å². The van der Waals surface area contributed by atoms with E-state index < -0.39 is 11.8 Å². The molecule has 0 aliphatic rings. The Morgan fingerprint density at radius 3 is 2.88 bits per heavy atom. The van der Waals surface area contributed by atoms with Gasteiger partial charge in [-0.1, -0.05) is 6.07 Å². The van der Waals surface area contributed by atoms with E-state index in [1.165, 1.54) is 25.3 Å². The maximum absolute atomic E-state index is 13.4. The molecule has 0 radical (unpaired) electrons. The molecule has 1 unspecified atom stereocenters. The first kappa shape index (κ1) is 12.4. The predicted octanol–water partition coefficient (Wildman–Crippen LogP) is 1.97. The van der Waals surface area contributed by atoms with Gasteiger partial charge in [-0.3, -0.25) is 0 Å². The van der Waals surface area contributed by atoms with Crippen LogP contribution in [-0.2, 0) is 4.74 Å². The van der Waals surface area contributed by atoms with Gasteiger partial charge >= 0.3 is 5.97 Å². The summed E-state index contributed by atoms with van der Waals surface area (Å²) < 4.78 is 18.4. The minimum absolute atomic E-state index is 0.00102. The molecule has 0 aliphatic heterocycles. The Kier molecular flexibility index (Phi) is 4.25. The number of carboxylic acid groups (broad SMARTS) is 1. The molecule has 0 fully saturated rings. The molecule has 1 aromatic carbocycles. The van der Waals surface area contributed by atoms with Crippen molar-refractivity contribution in [1.82, 2.24) is 0 Å². The molecule has 4 nitrogen and oxygen atoms in total. The van der Waals surface area contributed by atoms with Gasteiger partial charge in [-0.05, 0) is 19.1 Å². The summed E-state index contributed by atoms with van der Waals surface area (Å²) in [5, 5.41) is 11.6. The van der Waals surface area contributed by atoms with Crippen LogP contribution < -0.4 is 5.32 Å². The number of halogens is 1. The fraction of sp³-hybridized carbons (Fsp3) is 0.364. The first-order valence-electron chi connectivity index (χ1n) is 4.84. The number of carbonyl (C=O) groups is 1. The van der Waals surface area contributed by atoms with Crippen molar-refractivity contribution in [3.8, 4) is 0 Å². The van der Waals surface area contributed by atoms with E-state index in [1.54, 1.807) is 6.92 Å². The molecule has 0 bridgehead atoms. The van der Waals surface area contributed by atoms with Crippen LogP contribution in [-0.4, -0.2) is 30.8 Å². The molecular formula is C11H14FNO3. The van der Waals surface area contributed by atoms with E-state index in [-0.39, 0.29) is 17.4 Å². The van der Waals surface area contributed by atoms with Gasteiger partial charge in [0, 0.05) is 13.7 Å². The Balaban J connectivity index is 2.88. The zero-order valence-electron chi connectivity index (χ0n) is 9.16. The number of methoxy groups -OCH3 is 1. The molecule has 0 saturated heterocycles. The minimum Gasteiger partial charge on any atom is -0.478 e. The summed E-state index contributed by atoms with van der Waals surface area (Å²) in [6, 6.07) is 3.93. The molecule has 16 heavy (non-hydrogen) atoms. The van der Waals surface area contributed by atoms with Crippen LogP contribution in [0, 0.1) is 5.82 Å². The van der Waals surface area contributed by atoms with Gasteiger partial charge in [-0.15, -0.1) is 0 Å². The Morgan fingerprint density at radius 2 is 2.31 bits per heavy atom. The highest BCUT2D eigenvalue weighted by Crippen LogP contribution is 2.19. The number of ether oxygens (including phenoxy) is 1. The molecule has 88 valence electrons. The SMILES string of the molecule is COC(C)CNc1c(F)cccc1C(=O)O. The molecular weight excluding hydrogens is 213 g/mol.